The molecule has 0 radical (unpaired) electrons. The van der Waals surface area contributed by atoms with Crippen LogP contribution in [0.4, 0.5) is 17.1 Å². The molecule has 0 fully saturated rings. The number of benzene rings is 10. The molecule has 0 aliphatic carbocycles. The van der Waals surface area contributed by atoms with Gasteiger partial charge in [-0.25, -0.2) is 0 Å². The van der Waals surface area contributed by atoms with Crippen LogP contribution in [-0.4, -0.2) is 17.2 Å². The second-order valence-electron chi connectivity index (χ2n) is 26.7. The minimum Gasteiger partial charge on any atom is -0.309 e. The van der Waals surface area contributed by atoms with Gasteiger partial charge in [0.25, 0.3) is 0 Å². The van der Waals surface area contributed by atoms with Gasteiger partial charge in [-0.05, 0) is 162 Å². The molecule has 10 aromatic carbocycles. The maximum atomic E-state index is 2.55. The normalized spacial score (nSPS) is 13.4. The van der Waals surface area contributed by atoms with E-state index < -0.39 is 8.07 Å². The van der Waals surface area contributed by atoms with Gasteiger partial charge in [-0.3, -0.25) is 0 Å². The summed E-state index contributed by atoms with van der Waals surface area (Å²) in [5, 5.41) is 10.6. The van der Waals surface area contributed by atoms with Crippen LogP contribution < -0.4 is 25.6 Å². The summed E-state index contributed by atoms with van der Waals surface area (Å²) >= 11 is 1.89. The summed E-state index contributed by atoms with van der Waals surface area (Å²) in [6.07, 6.45) is 0. The van der Waals surface area contributed by atoms with Crippen molar-refractivity contribution in [3.8, 4) is 11.4 Å². The number of aromatic nitrogens is 2. The van der Waals surface area contributed by atoms with Crippen molar-refractivity contribution in [1.29, 1.82) is 0 Å². The number of hydrogen-bond acceptors (Lipinski definition) is 2. The quantitative estimate of drug-likeness (QED) is 0.117. The zero-order valence-electron chi connectivity index (χ0n) is 49.1. The van der Waals surface area contributed by atoms with Crippen LogP contribution in [0.1, 0.15) is 105 Å². The first kappa shape index (κ1) is 52.5. The Kier molecular flexibility index (Phi) is 12.4. The molecule has 0 bridgehead atoms. The van der Waals surface area contributed by atoms with Gasteiger partial charge in [-0.1, -0.05) is 222 Å². The minimum absolute atomic E-state index is 0.00904. The average Bonchev–Trinajstić information content (AvgIpc) is 3.96. The van der Waals surface area contributed by atoms with Gasteiger partial charge >= 0.3 is 0 Å². The third-order valence-corrected chi connectivity index (χ3v) is 23.1. The maximum Gasteiger partial charge on any atom is 0.179 e. The van der Waals surface area contributed by atoms with E-state index >= 15 is 0 Å². The Labute approximate surface area is 484 Å². The number of nitrogens with zero attached hydrogens (tertiary/aromatic N) is 3. The summed E-state index contributed by atoms with van der Waals surface area (Å²) in [5.74, 6) is 0. The highest BCUT2D eigenvalue weighted by Gasteiger charge is 2.42. The first-order chi connectivity index (χ1) is 38.7. The summed E-state index contributed by atoms with van der Waals surface area (Å²) < 4.78 is 5.02. The fraction of sp³-hybridized carbons (Fsp3) is 0.211. The van der Waals surface area contributed by atoms with Crippen LogP contribution in [0.5, 0.6) is 0 Å². The first-order valence-corrected chi connectivity index (χ1v) is 31.7. The van der Waals surface area contributed by atoms with Gasteiger partial charge < -0.3 is 14.0 Å². The molecule has 0 unspecified atom stereocenters. The molecule has 13 rings (SSSR count). The molecular formula is C76H73N3SSi. The van der Waals surface area contributed by atoms with Crippen LogP contribution in [0, 0.1) is 0 Å². The molecule has 0 spiro atoms. The lowest BCUT2D eigenvalue weighted by molar-refractivity contribution is 0.590. The maximum absolute atomic E-state index is 2.88. The Morgan fingerprint density at radius 3 is 0.926 bits per heavy atom. The number of anilines is 3. The van der Waals surface area contributed by atoms with E-state index in [-0.39, 0.29) is 21.7 Å². The summed E-state index contributed by atoms with van der Waals surface area (Å²) in [4.78, 5) is 4.96. The molecule has 0 N–H and O–H groups in total. The van der Waals surface area contributed by atoms with E-state index in [0.717, 1.165) is 17.1 Å². The van der Waals surface area contributed by atoms with Crippen molar-refractivity contribution in [2.45, 2.75) is 115 Å². The van der Waals surface area contributed by atoms with Gasteiger partial charge in [0.2, 0.25) is 0 Å². The van der Waals surface area contributed by atoms with E-state index in [2.05, 4.69) is 322 Å². The predicted molar refractivity (Wildman–Crippen MR) is 352 cm³/mol. The van der Waals surface area contributed by atoms with Crippen LogP contribution in [-0.2, 0) is 21.7 Å². The van der Waals surface area contributed by atoms with Crippen LogP contribution in [0.3, 0.4) is 0 Å². The van der Waals surface area contributed by atoms with Gasteiger partial charge in [0, 0.05) is 48.4 Å². The molecule has 1 aliphatic rings. The van der Waals surface area contributed by atoms with E-state index in [4.69, 9.17) is 0 Å². The van der Waals surface area contributed by atoms with E-state index in [1.54, 1.807) is 0 Å². The number of rotatable bonds is 7. The Bertz CT molecular complexity index is 3970. The Morgan fingerprint density at radius 2 is 0.605 bits per heavy atom. The van der Waals surface area contributed by atoms with Crippen molar-refractivity contribution in [1.82, 2.24) is 9.13 Å². The standard InChI is InChI=1S/C76H73N3SSi/c1-73(2,3)50-31-37-65-61(43-50)62-44-51(74(4,5)6)32-38-66(62)77(65)55-35-41-69-71(48-55)80-72-49-56(78-67-39-33-52(75(7,8)9)45-63(67)64-46-53(76(10,11)12)34-40-68(64)78)36-42-70(72)79(69)54-23-22-30-60(47-54)81(57-24-16-13-17-25-57,58-26-18-14-19-27-58)59-28-20-15-21-29-59/h13-49H,1-12H3. The molecule has 2 aromatic heterocycles. The minimum atomic E-state index is -2.88. The first-order valence-electron chi connectivity index (χ1n) is 28.9. The van der Waals surface area contributed by atoms with Crippen LogP contribution in [0.25, 0.3) is 55.0 Å². The summed E-state index contributed by atoms with van der Waals surface area (Å²) in [6.45, 7) is 27.8. The molecule has 5 heteroatoms. The molecule has 81 heavy (non-hydrogen) atoms. The predicted octanol–water partition coefficient (Wildman–Crippen LogP) is 18.4. The zero-order valence-corrected chi connectivity index (χ0v) is 50.9. The molecule has 0 saturated heterocycles. The molecule has 0 amide bonds. The van der Waals surface area contributed by atoms with Gasteiger partial charge in [0.05, 0.1) is 33.4 Å². The van der Waals surface area contributed by atoms with Crippen LogP contribution >= 0.6 is 11.8 Å². The van der Waals surface area contributed by atoms with Crippen molar-refractivity contribution in [3.05, 3.63) is 247 Å². The van der Waals surface area contributed by atoms with Crippen molar-refractivity contribution in [3.63, 3.8) is 0 Å². The second-order valence-corrected chi connectivity index (χ2v) is 31.6. The smallest absolute Gasteiger partial charge is 0.179 e. The van der Waals surface area contributed by atoms with Gasteiger partial charge in [-0.15, -0.1) is 0 Å². The van der Waals surface area contributed by atoms with Gasteiger partial charge in [-0.2, -0.15) is 0 Å². The Morgan fingerprint density at radius 1 is 0.284 bits per heavy atom. The van der Waals surface area contributed by atoms with Crippen molar-refractivity contribution in [2.75, 3.05) is 4.90 Å². The molecule has 1 aliphatic heterocycles. The number of fused-ring (bicyclic) bond motifs is 8. The van der Waals surface area contributed by atoms with E-state index in [0.29, 0.717) is 0 Å². The molecule has 12 aromatic rings. The highest BCUT2D eigenvalue weighted by Crippen LogP contribution is 2.53. The lowest BCUT2D eigenvalue weighted by Crippen LogP contribution is -2.74. The van der Waals surface area contributed by atoms with Gasteiger partial charge in [0.15, 0.2) is 8.07 Å². The molecule has 3 nitrogen and oxygen atoms in total. The van der Waals surface area contributed by atoms with Gasteiger partial charge in [0.1, 0.15) is 0 Å². The van der Waals surface area contributed by atoms with E-state index in [9.17, 15) is 0 Å². The lowest BCUT2D eigenvalue weighted by atomic mass is 9.85. The SMILES string of the molecule is CC(C)(C)c1ccc2c(c1)c1cc(C(C)(C)C)ccc1n2-c1ccc2c(c1)Sc1cc(-n3c4ccc(C(C)(C)C)cc4c4cc(C(C)(C)C)ccc43)ccc1N2c1cccc([Si](c2ccccc2)(c2ccccc2)c2ccccc2)c1. The molecule has 0 saturated carbocycles. The largest absolute Gasteiger partial charge is 0.309 e. The third-order valence-electron chi connectivity index (χ3n) is 17.3. The average molecular weight is 1090 g/mol. The summed E-state index contributed by atoms with van der Waals surface area (Å²) in [5.41, 5.74) is 16.0. The van der Waals surface area contributed by atoms with E-state index in [1.807, 2.05) is 11.8 Å². The number of hydrogen-bond donors (Lipinski definition) is 0. The molecule has 0 atom stereocenters. The lowest BCUT2D eigenvalue weighted by Gasteiger charge is -2.37. The monoisotopic (exact) mass is 1090 g/mol. The third kappa shape index (κ3) is 8.87. The molecule has 3 heterocycles. The van der Waals surface area contributed by atoms with Crippen molar-refractivity contribution in [2.24, 2.45) is 0 Å². The fourth-order valence-electron chi connectivity index (χ4n) is 12.8. The highest BCUT2D eigenvalue weighted by molar-refractivity contribution is 7.99. The Balaban J connectivity index is 1.06. The van der Waals surface area contributed by atoms with Crippen molar-refractivity contribution >= 4 is 101 Å². The zero-order chi connectivity index (χ0) is 56.4. The van der Waals surface area contributed by atoms with Crippen LogP contribution in [0.2, 0.25) is 0 Å². The highest BCUT2D eigenvalue weighted by atomic mass is 32.2. The molecule has 402 valence electrons. The molecular weight excluding hydrogens is 1020 g/mol. The van der Waals surface area contributed by atoms with E-state index in [1.165, 1.54) is 108 Å². The summed E-state index contributed by atoms with van der Waals surface area (Å²) in [7, 11) is -2.88. The fourth-order valence-corrected chi connectivity index (χ4v) is 18.7. The second kappa shape index (κ2) is 19.1. The van der Waals surface area contributed by atoms with Crippen molar-refractivity contribution < 1.29 is 0 Å². The summed E-state index contributed by atoms with van der Waals surface area (Å²) in [6, 6.07) is 86.4. The topological polar surface area (TPSA) is 13.1 Å². The van der Waals surface area contributed by atoms with Crippen LogP contribution in [0.15, 0.2) is 234 Å². The Hall–Kier alpha value is -7.83.